The summed E-state index contributed by atoms with van der Waals surface area (Å²) in [5.41, 5.74) is 1.55. The molecule has 1 aliphatic heterocycles. The number of aromatic nitrogens is 4. The molecule has 0 saturated carbocycles. The van der Waals surface area contributed by atoms with Crippen LogP contribution in [0.3, 0.4) is 0 Å². The minimum Gasteiger partial charge on any atom is -0.454 e. The van der Waals surface area contributed by atoms with Crippen molar-refractivity contribution in [2.75, 3.05) is 6.79 Å². The van der Waals surface area contributed by atoms with Crippen molar-refractivity contribution in [1.82, 2.24) is 19.5 Å². The lowest BCUT2D eigenvalue weighted by Gasteiger charge is -2.11. The van der Waals surface area contributed by atoms with Gasteiger partial charge in [0.2, 0.25) is 12.7 Å². The summed E-state index contributed by atoms with van der Waals surface area (Å²) in [7, 11) is 0. The molecule has 1 aliphatic rings. The van der Waals surface area contributed by atoms with Gasteiger partial charge in [-0.1, -0.05) is 11.6 Å². The zero-order chi connectivity index (χ0) is 20.5. The molecule has 0 atom stereocenters. The van der Waals surface area contributed by atoms with Crippen molar-refractivity contribution in [3.05, 3.63) is 71.9 Å². The molecule has 0 spiro atoms. The van der Waals surface area contributed by atoms with Gasteiger partial charge in [0.05, 0.1) is 6.33 Å². The molecule has 8 nitrogen and oxygen atoms in total. The lowest BCUT2D eigenvalue weighted by atomic mass is 10.3. The zero-order valence-corrected chi connectivity index (χ0v) is 16.5. The molecule has 2 aromatic carbocycles. The van der Waals surface area contributed by atoms with Crippen LogP contribution >= 0.6 is 11.6 Å². The number of hydrogen-bond acceptors (Lipinski definition) is 7. The Kier molecular flexibility index (Phi) is 4.61. The predicted molar refractivity (Wildman–Crippen MR) is 108 cm³/mol. The molecule has 0 N–H and O–H groups in total. The molecule has 4 aromatic rings. The van der Waals surface area contributed by atoms with Gasteiger partial charge in [0.1, 0.15) is 16.7 Å². The van der Waals surface area contributed by atoms with E-state index in [4.69, 9.17) is 30.5 Å². The van der Waals surface area contributed by atoms with Gasteiger partial charge in [0.25, 0.3) is 0 Å². The van der Waals surface area contributed by atoms with Gasteiger partial charge in [-0.25, -0.2) is 4.98 Å². The van der Waals surface area contributed by atoms with Gasteiger partial charge in [-0.05, 0) is 43.3 Å². The smallest absolute Gasteiger partial charge is 0.326 e. The van der Waals surface area contributed by atoms with Gasteiger partial charge in [0, 0.05) is 29.7 Å². The number of benzene rings is 2. The van der Waals surface area contributed by atoms with Crippen LogP contribution in [0.2, 0.25) is 5.15 Å². The topological polar surface area (TPSA) is 80.5 Å². The standard InChI is InChI=1S/C21H15ClN4O4/c1-13-19(22)24-21(30-15-4-2-14(3-5-15)26-9-8-23-11-26)25-20(13)29-16-6-7-17-18(10-16)28-12-27-17/h2-11H,12H2,1H3. The Bertz CT molecular complexity index is 1200. The van der Waals surface area contributed by atoms with Crippen LogP contribution < -0.4 is 18.9 Å². The van der Waals surface area contributed by atoms with Crippen LogP contribution in [0.1, 0.15) is 5.56 Å². The van der Waals surface area contributed by atoms with Crippen LogP contribution in [0.5, 0.6) is 34.9 Å². The third-order valence-electron chi connectivity index (χ3n) is 4.43. The fourth-order valence-electron chi connectivity index (χ4n) is 2.85. The molecule has 0 bridgehead atoms. The molecule has 0 aliphatic carbocycles. The third-order valence-corrected chi connectivity index (χ3v) is 4.80. The molecular formula is C21H15ClN4O4. The number of rotatable bonds is 5. The van der Waals surface area contributed by atoms with Crippen molar-refractivity contribution in [1.29, 1.82) is 0 Å². The highest BCUT2D eigenvalue weighted by molar-refractivity contribution is 6.30. The second-order valence-corrected chi connectivity index (χ2v) is 6.77. The molecular weight excluding hydrogens is 408 g/mol. The van der Waals surface area contributed by atoms with E-state index < -0.39 is 0 Å². The first-order valence-corrected chi connectivity index (χ1v) is 9.41. The number of fused-ring (bicyclic) bond motifs is 1. The second kappa shape index (κ2) is 7.57. The summed E-state index contributed by atoms with van der Waals surface area (Å²) in [5, 5.41) is 0.241. The number of imidazole rings is 1. The van der Waals surface area contributed by atoms with E-state index in [-0.39, 0.29) is 18.0 Å². The molecule has 0 fully saturated rings. The number of halogens is 1. The highest BCUT2D eigenvalue weighted by atomic mass is 35.5. The Balaban J connectivity index is 1.38. The summed E-state index contributed by atoms with van der Waals surface area (Å²) >= 11 is 6.27. The highest BCUT2D eigenvalue weighted by Crippen LogP contribution is 2.37. The molecule has 3 heterocycles. The summed E-state index contributed by atoms with van der Waals surface area (Å²) in [6.07, 6.45) is 5.30. The summed E-state index contributed by atoms with van der Waals surface area (Å²) < 4.78 is 24.3. The monoisotopic (exact) mass is 422 g/mol. The Morgan fingerprint density at radius 2 is 1.77 bits per heavy atom. The largest absolute Gasteiger partial charge is 0.454 e. The van der Waals surface area contributed by atoms with E-state index in [0.29, 0.717) is 34.4 Å². The minimum atomic E-state index is 0.0803. The van der Waals surface area contributed by atoms with Crippen LogP contribution in [0, 0.1) is 6.92 Å². The Hall–Kier alpha value is -3.78. The lowest BCUT2D eigenvalue weighted by molar-refractivity contribution is 0.174. The molecule has 30 heavy (non-hydrogen) atoms. The van der Waals surface area contributed by atoms with Gasteiger partial charge < -0.3 is 23.5 Å². The van der Waals surface area contributed by atoms with Gasteiger partial charge in [-0.2, -0.15) is 9.97 Å². The molecule has 0 amide bonds. The van der Waals surface area contributed by atoms with E-state index in [1.807, 2.05) is 35.0 Å². The molecule has 2 aromatic heterocycles. The predicted octanol–water partition coefficient (Wildman–Crippen LogP) is 4.94. The van der Waals surface area contributed by atoms with Crippen LogP contribution in [0.25, 0.3) is 5.69 Å². The molecule has 9 heteroatoms. The highest BCUT2D eigenvalue weighted by Gasteiger charge is 2.17. The van der Waals surface area contributed by atoms with Crippen molar-refractivity contribution in [3.8, 4) is 40.6 Å². The van der Waals surface area contributed by atoms with Gasteiger partial charge in [-0.15, -0.1) is 0 Å². The Morgan fingerprint density at radius 3 is 2.57 bits per heavy atom. The Morgan fingerprint density at radius 1 is 0.967 bits per heavy atom. The summed E-state index contributed by atoms with van der Waals surface area (Å²) in [4.78, 5) is 12.6. The average Bonchev–Trinajstić information content (AvgIpc) is 3.44. The van der Waals surface area contributed by atoms with Gasteiger partial charge in [0.15, 0.2) is 11.5 Å². The third kappa shape index (κ3) is 3.60. The van der Waals surface area contributed by atoms with E-state index in [0.717, 1.165) is 5.69 Å². The zero-order valence-electron chi connectivity index (χ0n) is 15.8. The molecule has 0 radical (unpaired) electrons. The first kappa shape index (κ1) is 18.3. The fourth-order valence-corrected chi connectivity index (χ4v) is 3.01. The first-order valence-electron chi connectivity index (χ1n) is 9.03. The summed E-state index contributed by atoms with van der Waals surface area (Å²) in [5.74, 6) is 2.67. The lowest BCUT2D eigenvalue weighted by Crippen LogP contribution is -1.99. The van der Waals surface area contributed by atoms with Crippen molar-refractivity contribution in [2.45, 2.75) is 6.92 Å². The van der Waals surface area contributed by atoms with Crippen LogP contribution in [0.15, 0.2) is 61.2 Å². The Labute approximate surface area is 176 Å². The van der Waals surface area contributed by atoms with Crippen LogP contribution in [-0.4, -0.2) is 26.3 Å². The van der Waals surface area contributed by atoms with Crippen LogP contribution in [0.4, 0.5) is 0 Å². The van der Waals surface area contributed by atoms with E-state index in [9.17, 15) is 0 Å². The van der Waals surface area contributed by atoms with Gasteiger partial charge >= 0.3 is 6.01 Å². The van der Waals surface area contributed by atoms with Crippen molar-refractivity contribution < 1.29 is 18.9 Å². The molecule has 150 valence electrons. The number of nitrogens with zero attached hydrogens (tertiary/aromatic N) is 4. The second-order valence-electron chi connectivity index (χ2n) is 6.41. The van der Waals surface area contributed by atoms with Crippen molar-refractivity contribution in [3.63, 3.8) is 0 Å². The van der Waals surface area contributed by atoms with Crippen LogP contribution in [-0.2, 0) is 0 Å². The number of ether oxygens (including phenoxy) is 4. The summed E-state index contributed by atoms with van der Waals surface area (Å²) in [6, 6.07) is 12.8. The normalized spacial score (nSPS) is 12.1. The molecule has 0 unspecified atom stereocenters. The maximum absolute atomic E-state index is 6.27. The van der Waals surface area contributed by atoms with Crippen molar-refractivity contribution >= 4 is 11.6 Å². The minimum absolute atomic E-state index is 0.0803. The van der Waals surface area contributed by atoms with E-state index >= 15 is 0 Å². The SMILES string of the molecule is Cc1c(Cl)nc(Oc2ccc(-n3ccnc3)cc2)nc1Oc1ccc2c(c1)OCO2. The van der Waals surface area contributed by atoms with E-state index in [1.165, 1.54) is 0 Å². The van der Waals surface area contributed by atoms with E-state index in [2.05, 4.69) is 15.0 Å². The quantitative estimate of drug-likeness (QED) is 0.421. The first-order chi connectivity index (χ1) is 14.7. The number of hydrogen-bond donors (Lipinski definition) is 0. The molecule has 5 rings (SSSR count). The fraction of sp³-hybridized carbons (Fsp3) is 0.0952. The maximum atomic E-state index is 6.27. The average molecular weight is 423 g/mol. The summed E-state index contributed by atoms with van der Waals surface area (Å²) in [6.45, 7) is 1.96. The van der Waals surface area contributed by atoms with Crippen molar-refractivity contribution in [2.24, 2.45) is 0 Å². The van der Waals surface area contributed by atoms with E-state index in [1.54, 1.807) is 37.6 Å². The molecule has 0 saturated heterocycles. The van der Waals surface area contributed by atoms with Gasteiger partial charge in [-0.3, -0.25) is 0 Å². The maximum Gasteiger partial charge on any atom is 0.326 e.